The molecule has 0 saturated heterocycles. The summed E-state index contributed by atoms with van der Waals surface area (Å²) in [6.45, 7) is 1.97. The summed E-state index contributed by atoms with van der Waals surface area (Å²) >= 11 is 0. The molecule has 5 heteroatoms. The Labute approximate surface area is 111 Å². The number of rotatable bonds is 2. The molecule has 0 bridgehead atoms. The average Bonchev–Trinajstić information content (AvgIpc) is 2.73. The standard InChI is InChI=1S/C14H14N4O/c1-2-10-11-12(13(15)17-8-16-11)18(14(10)19)9-6-4-3-5-7-9/h3-8,10H,2H2,1H3,(H2,15,16,17). The number of para-hydroxylation sites is 1. The van der Waals surface area contributed by atoms with Gasteiger partial charge in [0.2, 0.25) is 5.91 Å². The van der Waals surface area contributed by atoms with Crippen LogP contribution in [0.15, 0.2) is 36.7 Å². The van der Waals surface area contributed by atoms with Crippen LogP contribution in [0.4, 0.5) is 17.2 Å². The second kappa shape index (κ2) is 4.35. The molecule has 2 heterocycles. The Bertz CT molecular complexity index is 627. The van der Waals surface area contributed by atoms with Crippen LogP contribution in [0.5, 0.6) is 0 Å². The van der Waals surface area contributed by atoms with E-state index in [1.54, 1.807) is 4.90 Å². The van der Waals surface area contributed by atoms with Gasteiger partial charge in [-0.05, 0) is 18.6 Å². The molecule has 1 aromatic carbocycles. The molecule has 1 unspecified atom stereocenters. The fourth-order valence-corrected chi connectivity index (χ4v) is 2.48. The minimum atomic E-state index is -0.236. The second-order valence-corrected chi connectivity index (χ2v) is 4.46. The summed E-state index contributed by atoms with van der Waals surface area (Å²) in [5, 5.41) is 0. The van der Waals surface area contributed by atoms with Gasteiger partial charge in [0.05, 0.1) is 11.6 Å². The number of hydrogen-bond acceptors (Lipinski definition) is 4. The first kappa shape index (κ1) is 11.6. The van der Waals surface area contributed by atoms with Gasteiger partial charge < -0.3 is 5.73 Å². The molecule has 3 rings (SSSR count). The maximum atomic E-state index is 12.5. The van der Waals surface area contributed by atoms with Gasteiger partial charge in [-0.1, -0.05) is 25.1 Å². The van der Waals surface area contributed by atoms with E-state index in [-0.39, 0.29) is 11.8 Å². The highest BCUT2D eigenvalue weighted by Crippen LogP contribution is 2.44. The zero-order valence-corrected chi connectivity index (χ0v) is 10.6. The highest BCUT2D eigenvalue weighted by atomic mass is 16.2. The molecule has 1 aliphatic rings. The topological polar surface area (TPSA) is 72.1 Å². The van der Waals surface area contributed by atoms with Gasteiger partial charge in [0.1, 0.15) is 12.0 Å². The van der Waals surface area contributed by atoms with Crippen molar-refractivity contribution in [1.82, 2.24) is 9.97 Å². The van der Waals surface area contributed by atoms with Crippen molar-refractivity contribution in [3.05, 3.63) is 42.4 Å². The molecule has 0 radical (unpaired) electrons. The molecule has 1 amide bonds. The summed E-state index contributed by atoms with van der Waals surface area (Å²) in [5.41, 5.74) is 8.09. The fraction of sp³-hybridized carbons (Fsp3) is 0.214. The van der Waals surface area contributed by atoms with Crippen LogP contribution in [0.3, 0.4) is 0 Å². The number of nitrogen functional groups attached to an aromatic ring is 1. The van der Waals surface area contributed by atoms with Crippen LogP contribution in [0.2, 0.25) is 0 Å². The van der Waals surface area contributed by atoms with Gasteiger partial charge in [-0.25, -0.2) is 9.97 Å². The minimum Gasteiger partial charge on any atom is -0.382 e. The molecule has 0 spiro atoms. The predicted octanol–water partition coefficient (Wildman–Crippen LogP) is 2.23. The summed E-state index contributed by atoms with van der Waals surface area (Å²) in [5.74, 6) is 0.120. The number of nitrogens with zero attached hydrogens (tertiary/aromatic N) is 3. The molecule has 96 valence electrons. The molecule has 0 saturated carbocycles. The van der Waals surface area contributed by atoms with Crippen molar-refractivity contribution in [2.75, 3.05) is 10.6 Å². The first-order valence-corrected chi connectivity index (χ1v) is 6.23. The van der Waals surface area contributed by atoms with E-state index in [1.165, 1.54) is 6.33 Å². The Morgan fingerprint density at radius 1 is 1.26 bits per heavy atom. The summed E-state index contributed by atoms with van der Waals surface area (Å²) in [6, 6.07) is 9.45. The van der Waals surface area contributed by atoms with Crippen LogP contribution in [0, 0.1) is 0 Å². The van der Waals surface area contributed by atoms with Crippen molar-refractivity contribution < 1.29 is 4.79 Å². The Hall–Kier alpha value is -2.43. The van der Waals surface area contributed by atoms with Crippen LogP contribution in [-0.4, -0.2) is 15.9 Å². The number of amides is 1. The molecule has 1 aromatic heterocycles. The van der Waals surface area contributed by atoms with Crippen LogP contribution in [0.1, 0.15) is 25.0 Å². The Balaban J connectivity index is 2.20. The van der Waals surface area contributed by atoms with Crippen LogP contribution < -0.4 is 10.6 Å². The normalized spacial score (nSPS) is 17.6. The van der Waals surface area contributed by atoms with Crippen LogP contribution in [-0.2, 0) is 4.79 Å². The van der Waals surface area contributed by atoms with E-state index in [2.05, 4.69) is 9.97 Å². The number of nitrogens with two attached hydrogens (primary N) is 1. The number of anilines is 3. The number of fused-ring (bicyclic) bond motifs is 1. The van der Waals surface area contributed by atoms with E-state index in [1.807, 2.05) is 37.3 Å². The van der Waals surface area contributed by atoms with Gasteiger partial charge in [0.25, 0.3) is 0 Å². The van der Waals surface area contributed by atoms with E-state index in [0.29, 0.717) is 17.9 Å². The third-order valence-corrected chi connectivity index (χ3v) is 3.37. The molecule has 0 aliphatic carbocycles. The summed E-state index contributed by atoms with van der Waals surface area (Å²) in [7, 11) is 0. The van der Waals surface area contributed by atoms with Gasteiger partial charge in [0, 0.05) is 5.69 Å². The Kier molecular flexibility index (Phi) is 2.67. The summed E-state index contributed by atoms with van der Waals surface area (Å²) in [6.07, 6.45) is 2.12. The third-order valence-electron chi connectivity index (χ3n) is 3.37. The number of carbonyl (C=O) groups is 1. The van der Waals surface area contributed by atoms with Gasteiger partial charge >= 0.3 is 0 Å². The van der Waals surface area contributed by atoms with Crippen molar-refractivity contribution in [3.63, 3.8) is 0 Å². The van der Waals surface area contributed by atoms with Gasteiger partial charge in [0.15, 0.2) is 5.82 Å². The number of aromatic nitrogens is 2. The zero-order chi connectivity index (χ0) is 13.4. The lowest BCUT2D eigenvalue weighted by Gasteiger charge is -2.18. The van der Waals surface area contributed by atoms with Crippen molar-refractivity contribution in [1.29, 1.82) is 0 Å². The maximum absolute atomic E-state index is 12.5. The van der Waals surface area contributed by atoms with Crippen molar-refractivity contribution in [2.24, 2.45) is 0 Å². The highest BCUT2D eigenvalue weighted by Gasteiger charge is 2.40. The SMILES string of the molecule is CCC1C(=O)N(c2ccccc2)c2c(N)ncnc21. The third kappa shape index (κ3) is 1.66. The first-order chi connectivity index (χ1) is 9.24. The van der Waals surface area contributed by atoms with Crippen molar-refractivity contribution in [3.8, 4) is 0 Å². The molecule has 1 aliphatic heterocycles. The Morgan fingerprint density at radius 3 is 2.68 bits per heavy atom. The lowest BCUT2D eigenvalue weighted by molar-refractivity contribution is -0.118. The number of hydrogen-bond donors (Lipinski definition) is 1. The summed E-state index contributed by atoms with van der Waals surface area (Å²) < 4.78 is 0. The average molecular weight is 254 g/mol. The molecule has 2 aromatic rings. The molecule has 1 atom stereocenters. The number of carbonyl (C=O) groups excluding carboxylic acids is 1. The quantitative estimate of drug-likeness (QED) is 0.892. The minimum absolute atomic E-state index is 0.0101. The second-order valence-electron chi connectivity index (χ2n) is 4.46. The smallest absolute Gasteiger partial charge is 0.240 e. The first-order valence-electron chi connectivity index (χ1n) is 6.23. The predicted molar refractivity (Wildman–Crippen MR) is 73.1 cm³/mol. The van der Waals surface area contributed by atoms with E-state index < -0.39 is 0 Å². The molecular formula is C14H14N4O. The molecular weight excluding hydrogens is 240 g/mol. The van der Waals surface area contributed by atoms with E-state index in [0.717, 1.165) is 11.4 Å². The largest absolute Gasteiger partial charge is 0.382 e. The van der Waals surface area contributed by atoms with Crippen molar-refractivity contribution >= 4 is 23.1 Å². The van der Waals surface area contributed by atoms with Gasteiger partial charge in [-0.15, -0.1) is 0 Å². The maximum Gasteiger partial charge on any atom is 0.240 e. The van der Waals surface area contributed by atoms with Crippen LogP contribution >= 0.6 is 0 Å². The molecule has 0 fully saturated rings. The lowest BCUT2D eigenvalue weighted by Crippen LogP contribution is -2.24. The zero-order valence-electron chi connectivity index (χ0n) is 10.6. The fourth-order valence-electron chi connectivity index (χ4n) is 2.48. The summed E-state index contributed by atoms with van der Waals surface area (Å²) in [4.78, 5) is 22.4. The molecule has 5 nitrogen and oxygen atoms in total. The number of benzene rings is 1. The van der Waals surface area contributed by atoms with Crippen LogP contribution in [0.25, 0.3) is 0 Å². The Morgan fingerprint density at radius 2 is 2.00 bits per heavy atom. The van der Waals surface area contributed by atoms with Gasteiger partial charge in [-0.2, -0.15) is 0 Å². The molecule has 19 heavy (non-hydrogen) atoms. The van der Waals surface area contributed by atoms with Crippen molar-refractivity contribution in [2.45, 2.75) is 19.3 Å². The van der Waals surface area contributed by atoms with E-state index in [9.17, 15) is 4.79 Å². The van der Waals surface area contributed by atoms with Gasteiger partial charge in [-0.3, -0.25) is 9.69 Å². The highest BCUT2D eigenvalue weighted by molar-refractivity contribution is 6.11. The van der Waals surface area contributed by atoms with E-state index in [4.69, 9.17) is 5.73 Å². The lowest BCUT2D eigenvalue weighted by atomic mass is 10.0. The van der Waals surface area contributed by atoms with E-state index >= 15 is 0 Å². The molecule has 2 N–H and O–H groups in total. The monoisotopic (exact) mass is 254 g/mol.